The van der Waals surface area contributed by atoms with E-state index < -0.39 is 0 Å². The SMILES string of the molecule is CC1CCC(CCCc2cccnc2)CC1. The maximum absolute atomic E-state index is 4.16. The number of aryl methyl sites for hydroxylation is 1. The average Bonchev–Trinajstić information content (AvgIpc) is 2.33. The molecule has 0 unspecified atom stereocenters. The molecule has 16 heavy (non-hydrogen) atoms. The number of rotatable bonds is 4. The lowest BCUT2D eigenvalue weighted by Crippen LogP contribution is -2.12. The van der Waals surface area contributed by atoms with Gasteiger partial charge in [0.2, 0.25) is 0 Å². The average molecular weight is 217 g/mol. The van der Waals surface area contributed by atoms with Gasteiger partial charge in [0.05, 0.1) is 0 Å². The zero-order valence-electron chi connectivity index (χ0n) is 10.4. The van der Waals surface area contributed by atoms with Crippen molar-refractivity contribution in [1.29, 1.82) is 0 Å². The minimum atomic E-state index is 0.981. The van der Waals surface area contributed by atoms with Crippen molar-refractivity contribution in [2.24, 2.45) is 11.8 Å². The monoisotopic (exact) mass is 217 g/mol. The normalized spacial score (nSPS) is 25.6. The van der Waals surface area contributed by atoms with Crippen molar-refractivity contribution in [2.45, 2.75) is 51.9 Å². The van der Waals surface area contributed by atoms with Gasteiger partial charge in [-0.1, -0.05) is 45.1 Å². The molecule has 2 rings (SSSR count). The lowest BCUT2D eigenvalue weighted by atomic mass is 9.80. The predicted octanol–water partition coefficient (Wildman–Crippen LogP) is 4.23. The predicted molar refractivity (Wildman–Crippen MR) is 68.3 cm³/mol. The largest absolute Gasteiger partial charge is 0.264 e. The smallest absolute Gasteiger partial charge is 0.0299 e. The standard InChI is InChI=1S/C15H23N/c1-13-7-9-14(10-8-13)4-2-5-15-6-3-11-16-12-15/h3,6,11-14H,2,4-5,7-10H2,1H3. The van der Waals surface area contributed by atoms with Crippen LogP contribution in [0.2, 0.25) is 0 Å². The third-order valence-electron chi connectivity index (χ3n) is 3.94. The van der Waals surface area contributed by atoms with Crippen LogP contribution in [0.1, 0.15) is 51.0 Å². The molecule has 1 heterocycles. The van der Waals surface area contributed by atoms with E-state index >= 15 is 0 Å². The van der Waals surface area contributed by atoms with Crippen molar-refractivity contribution in [2.75, 3.05) is 0 Å². The summed E-state index contributed by atoms with van der Waals surface area (Å²) in [6.45, 7) is 2.39. The zero-order chi connectivity index (χ0) is 11.2. The van der Waals surface area contributed by atoms with Crippen LogP contribution in [0.25, 0.3) is 0 Å². The maximum atomic E-state index is 4.16. The molecule has 0 aliphatic heterocycles. The maximum Gasteiger partial charge on any atom is 0.0299 e. The van der Waals surface area contributed by atoms with Gasteiger partial charge in [-0.2, -0.15) is 0 Å². The fourth-order valence-corrected chi connectivity index (χ4v) is 2.76. The molecule has 0 radical (unpaired) electrons. The van der Waals surface area contributed by atoms with E-state index in [2.05, 4.69) is 18.0 Å². The van der Waals surface area contributed by atoms with Gasteiger partial charge in [-0.15, -0.1) is 0 Å². The fourth-order valence-electron chi connectivity index (χ4n) is 2.76. The van der Waals surface area contributed by atoms with Gasteiger partial charge in [-0.3, -0.25) is 4.98 Å². The van der Waals surface area contributed by atoms with E-state index in [1.165, 1.54) is 50.5 Å². The highest BCUT2D eigenvalue weighted by Crippen LogP contribution is 2.31. The molecule has 1 saturated carbocycles. The third-order valence-corrected chi connectivity index (χ3v) is 3.94. The highest BCUT2D eigenvalue weighted by molar-refractivity contribution is 5.08. The first-order valence-electron chi connectivity index (χ1n) is 6.73. The van der Waals surface area contributed by atoms with E-state index in [-0.39, 0.29) is 0 Å². The quantitative estimate of drug-likeness (QED) is 0.735. The summed E-state index contributed by atoms with van der Waals surface area (Å²) in [5.74, 6) is 1.99. The summed E-state index contributed by atoms with van der Waals surface area (Å²) in [7, 11) is 0. The molecule has 1 aromatic heterocycles. The Morgan fingerprint density at radius 3 is 2.75 bits per heavy atom. The molecule has 1 aromatic rings. The van der Waals surface area contributed by atoms with E-state index in [1.54, 1.807) is 0 Å². The minimum absolute atomic E-state index is 0.981. The second kappa shape index (κ2) is 6.03. The van der Waals surface area contributed by atoms with Crippen molar-refractivity contribution in [3.8, 4) is 0 Å². The molecule has 1 aliphatic carbocycles. The van der Waals surface area contributed by atoms with Crippen LogP contribution in [-0.2, 0) is 6.42 Å². The van der Waals surface area contributed by atoms with E-state index in [0.717, 1.165) is 11.8 Å². The topological polar surface area (TPSA) is 12.9 Å². The molecule has 0 N–H and O–H groups in total. The Hall–Kier alpha value is -0.850. The second-order valence-corrected chi connectivity index (χ2v) is 5.38. The number of hydrogen-bond acceptors (Lipinski definition) is 1. The van der Waals surface area contributed by atoms with Gasteiger partial charge in [0.25, 0.3) is 0 Å². The van der Waals surface area contributed by atoms with Gasteiger partial charge in [-0.25, -0.2) is 0 Å². The molecular weight excluding hydrogens is 194 g/mol. The van der Waals surface area contributed by atoms with Crippen molar-refractivity contribution >= 4 is 0 Å². The molecule has 0 aromatic carbocycles. The van der Waals surface area contributed by atoms with Gasteiger partial charge in [0.1, 0.15) is 0 Å². The number of nitrogens with zero attached hydrogens (tertiary/aromatic N) is 1. The molecule has 1 aliphatic rings. The van der Waals surface area contributed by atoms with Gasteiger partial charge in [0.15, 0.2) is 0 Å². The Morgan fingerprint density at radius 2 is 2.06 bits per heavy atom. The van der Waals surface area contributed by atoms with Crippen LogP contribution in [0.15, 0.2) is 24.5 Å². The van der Waals surface area contributed by atoms with Gasteiger partial charge >= 0.3 is 0 Å². The first-order valence-corrected chi connectivity index (χ1v) is 6.73. The van der Waals surface area contributed by atoms with Crippen LogP contribution >= 0.6 is 0 Å². The summed E-state index contributed by atoms with van der Waals surface area (Å²) in [5.41, 5.74) is 1.40. The zero-order valence-corrected chi connectivity index (χ0v) is 10.4. The highest BCUT2D eigenvalue weighted by Gasteiger charge is 2.17. The summed E-state index contributed by atoms with van der Waals surface area (Å²) in [4.78, 5) is 4.16. The summed E-state index contributed by atoms with van der Waals surface area (Å²) in [6.07, 6.45) is 13.7. The van der Waals surface area contributed by atoms with E-state index in [0.29, 0.717) is 0 Å². The van der Waals surface area contributed by atoms with Crippen molar-refractivity contribution in [3.05, 3.63) is 30.1 Å². The molecule has 0 saturated heterocycles. The van der Waals surface area contributed by atoms with E-state index in [4.69, 9.17) is 0 Å². The molecule has 1 nitrogen and oxygen atoms in total. The van der Waals surface area contributed by atoms with Crippen molar-refractivity contribution in [1.82, 2.24) is 4.98 Å². The van der Waals surface area contributed by atoms with Crippen molar-refractivity contribution < 1.29 is 0 Å². The lowest BCUT2D eigenvalue weighted by molar-refractivity contribution is 0.274. The van der Waals surface area contributed by atoms with E-state index in [1.807, 2.05) is 18.5 Å². The lowest BCUT2D eigenvalue weighted by Gasteiger charge is -2.25. The van der Waals surface area contributed by atoms with Crippen LogP contribution in [0.3, 0.4) is 0 Å². The van der Waals surface area contributed by atoms with Crippen LogP contribution in [0, 0.1) is 11.8 Å². The fraction of sp³-hybridized carbons (Fsp3) is 0.667. The summed E-state index contributed by atoms with van der Waals surface area (Å²) in [5, 5.41) is 0. The molecule has 1 fully saturated rings. The van der Waals surface area contributed by atoms with Crippen molar-refractivity contribution in [3.63, 3.8) is 0 Å². The first kappa shape index (κ1) is 11.6. The summed E-state index contributed by atoms with van der Waals surface area (Å²) >= 11 is 0. The Kier molecular flexibility index (Phi) is 4.38. The Morgan fingerprint density at radius 1 is 1.25 bits per heavy atom. The molecule has 0 atom stereocenters. The summed E-state index contributed by atoms with van der Waals surface area (Å²) < 4.78 is 0. The second-order valence-electron chi connectivity index (χ2n) is 5.38. The molecule has 0 bridgehead atoms. The first-order chi connectivity index (χ1) is 7.84. The van der Waals surface area contributed by atoms with Gasteiger partial charge < -0.3 is 0 Å². The molecule has 0 spiro atoms. The Labute approximate surface area is 99.3 Å². The number of aromatic nitrogens is 1. The van der Waals surface area contributed by atoms with Crippen LogP contribution in [0.5, 0.6) is 0 Å². The van der Waals surface area contributed by atoms with Gasteiger partial charge in [-0.05, 0) is 36.3 Å². The molecule has 88 valence electrons. The Balaban J connectivity index is 1.65. The number of pyridine rings is 1. The van der Waals surface area contributed by atoms with Crippen LogP contribution < -0.4 is 0 Å². The third kappa shape index (κ3) is 3.62. The van der Waals surface area contributed by atoms with Crippen LogP contribution in [-0.4, -0.2) is 4.98 Å². The molecule has 0 amide bonds. The minimum Gasteiger partial charge on any atom is -0.264 e. The van der Waals surface area contributed by atoms with E-state index in [9.17, 15) is 0 Å². The number of hydrogen-bond donors (Lipinski definition) is 0. The van der Waals surface area contributed by atoms with Crippen LogP contribution in [0.4, 0.5) is 0 Å². The summed E-state index contributed by atoms with van der Waals surface area (Å²) in [6, 6.07) is 4.23. The molecule has 1 heteroatoms. The Bertz CT molecular complexity index is 286. The highest BCUT2D eigenvalue weighted by atomic mass is 14.6. The van der Waals surface area contributed by atoms with Gasteiger partial charge in [0, 0.05) is 12.4 Å². The molecular formula is C15H23N.